The molecule has 6 atom stereocenters. The fourth-order valence-corrected chi connectivity index (χ4v) is 7.35. The molecule has 0 unspecified atom stereocenters. The van der Waals surface area contributed by atoms with Crippen molar-refractivity contribution >= 4 is 61.0 Å². The largest absolute Gasteiger partial charge is 0.418 e. The molecule has 1 saturated heterocycles. The standard InChI is InChI=1S/C23H17Br2F3N2O3/c24-18-11-9-12(19(18)25)17-16(11)21(32)30(22(17)33)15-8-4-1-5-10(15)20(31)29-14-7-3-2-6-13(14)23(26,27)28/h1-8,11-12,16-19H,9H2,(H,29,31)/t11-,12-,16-,17+,18+,19+/m1/s1. The van der Waals surface area contributed by atoms with E-state index < -0.39 is 35.2 Å². The summed E-state index contributed by atoms with van der Waals surface area (Å²) in [6, 6.07) is 10.6. The van der Waals surface area contributed by atoms with Gasteiger partial charge in [-0.1, -0.05) is 56.1 Å². The number of alkyl halides is 5. The summed E-state index contributed by atoms with van der Waals surface area (Å²) in [6.07, 6.45) is -3.89. The van der Waals surface area contributed by atoms with Crippen LogP contribution in [0.2, 0.25) is 0 Å². The second-order valence-electron chi connectivity index (χ2n) is 8.53. The molecule has 2 aromatic carbocycles. The van der Waals surface area contributed by atoms with Crippen molar-refractivity contribution in [1.29, 1.82) is 0 Å². The predicted octanol–water partition coefficient (Wildman–Crippen LogP) is 5.24. The van der Waals surface area contributed by atoms with Gasteiger partial charge in [-0.3, -0.25) is 14.4 Å². The molecule has 2 aromatic rings. The molecule has 3 aliphatic rings. The van der Waals surface area contributed by atoms with Gasteiger partial charge in [-0.25, -0.2) is 4.90 Å². The first kappa shape index (κ1) is 22.6. The van der Waals surface area contributed by atoms with Crippen LogP contribution in [0.3, 0.4) is 0 Å². The number of para-hydroxylation sites is 2. The van der Waals surface area contributed by atoms with Crippen LogP contribution in [0, 0.1) is 23.7 Å². The number of fused-ring (bicyclic) bond motifs is 5. The molecule has 1 aliphatic heterocycles. The molecule has 1 heterocycles. The maximum Gasteiger partial charge on any atom is 0.418 e. The minimum Gasteiger partial charge on any atom is -0.321 e. The monoisotopic (exact) mass is 584 g/mol. The van der Waals surface area contributed by atoms with E-state index in [1.807, 2.05) is 0 Å². The van der Waals surface area contributed by atoms with Crippen molar-refractivity contribution in [1.82, 2.24) is 0 Å². The zero-order chi connectivity index (χ0) is 23.7. The van der Waals surface area contributed by atoms with Gasteiger partial charge in [0.2, 0.25) is 11.8 Å². The average Bonchev–Trinajstić information content (AvgIpc) is 3.38. The van der Waals surface area contributed by atoms with Crippen LogP contribution in [-0.2, 0) is 15.8 Å². The van der Waals surface area contributed by atoms with Crippen molar-refractivity contribution in [2.75, 3.05) is 10.2 Å². The average molecular weight is 586 g/mol. The first-order chi connectivity index (χ1) is 15.6. The summed E-state index contributed by atoms with van der Waals surface area (Å²) in [6.45, 7) is 0. The van der Waals surface area contributed by atoms with E-state index in [0.717, 1.165) is 23.5 Å². The van der Waals surface area contributed by atoms with Crippen molar-refractivity contribution in [2.24, 2.45) is 23.7 Å². The third-order valence-corrected chi connectivity index (χ3v) is 10.1. The van der Waals surface area contributed by atoms with Gasteiger partial charge in [0.1, 0.15) is 0 Å². The smallest absolute Gasteiger partial charge is 0.321 e. The Morgan fingerprint density at radius 3 is 2.06 bits per heavy atom. The molecule has 5 rings (SSSR count). The van der Waals surface area contributed by atoms with Crippen LogP contribution in [0.5, 0.6) is 0 Å². The molecular formula is C23H17Br2F3N2O3. The topological polar surface area (TPSA) is 66.5 Å². The zero-order valence-corrected chi connectivity index (χ0v) is 20.0. The lowest BCUT2D eigenvalue weighted by Gasteiger charge is -2.28. The minimum atomic E-state index is -4.65. The molecule has 2 aliphatic carbocycles. The maximum atomic E-state index is 13.3. The molecule has 2 saturated carbocycles. The molecule has 0 spiro atoms. The van der Waals surface area contributed by atoms with Crippen LogP contribution in [0.4, 0.5) is 24.5 Å². The number of anilines is 2. The first-order valence-corrected chi connectivity index (χ1v) is 12.2. The van der Waals surface area contributed by atoms with Gasteiger partial charge in [0.05, 0.1) is 34.3 Å². The molecule has 172 valence electrons. The van der Waals surface area contributed by atoms with Crippen molar-refractivity contribution < 1.29 is 27.6 Å². The fourth-order valence-electron chi connectivity index (χ4n) is 5.48. The Labute approximate surface area is 204 Å². The highest BCUT2D eigenvalue weighted by atomic mass is 79.9. The lowest BCUT2D eigenvalue weighted by atomic mass is 9.81. The Balaban J connectivity index is 1.48. The molecule has 1 N–H and O–H groups in total. The van der Waals surface area contributed by atoms with Gasteiger partial charge >= 0.3 is 6.18 Å². The highest BCUT2D eigenvalue weighted by molar-refractivity contribution is 9.12. The second kappa shape index (κ2) is 7.94. The van der Waals surface area contributed by atoms with E-state index >= 15 is 0 Å². The molecule has 0 radical (unpaired) electrons. The number of amides is 3. The van der Waals surface area contributed by atoms with Crippen molar-refractivity contribution in [3.8, 4) is 0 Å². The van der Waals surface area contributed by atoms with Crippen molar-refractivity contribution in [2.45, 2.75) is 22.3 Å². The first-order valence-electron chi connectivity index (χ1n) is 10.3. The number of imide groups is 1. The number of hydrogen-bond acceptors (Lipinski definition) is 3. The third kappa shape index (κ3) is 3.44. The van der Waals surface area contributed by atoms with Crippen LogP contribution >= 0.6 is 31.9 Å². The SMILES string of the molecule is O=C(Nc1ccccc1C(F)(F)F)c1ccccc1N1C(=O)[C@@H]2[C@H]3C[C@@H]([C@H](Br)[C@H]3Br)[C@@H]2C1=O. The lowest BCUT2D eigenvalue weighted by Crippen LogP contribution is -2.37. The normalized spacial score (nSPS) is 30.6. The third-order valence-electron chi connectivity index (χ3n) is 6.86. The van der Waals surface area contributed by atoms with Crippen molar-refractivity contribution in [3.05, 3.63) is 59.7 Å². The summed E-state index contributed by atoms with van der Waals surface area (Å²) < 4.78 is 40.0. The predicted molar refractivity (Wildman–Crippen MR) is 122 cm³/mol. The van der Waals surface area contributed by atoms with Crippen LogP contribution in [0.15, 0.2) is 48.5 Å². The summed E-state index contributed by atoms with van der Waals surface area (Å²) >= 11 is 7.27. The number of carbonyl (C=O) groups is 3. The van der Waals surface area contributed by atoms with Crippen LogP contribution in [-0.4, -0.2) is 27.4 Å². The summed E-state index contributed by atoms with van der Waals surface area (Å²) in [5, 5.41) is 2.30. The van der Waals surface area contributed by atoms with E-state index in [0.29, 0.717) is 0 Å². The summed E-state index contributed by atoms with van der Waals surface area (Å²) in [7, 11) is 0. The highest BCUT2D eigenvalue weighted by Gasteiger charge is 2.66. The molecular weight excluding hydrogens is 569 g/mol. The maximum absolute atomic E-state index is 13.3. The highest BCUT2D eigenvalue weighted by Crippen LogP contribution is 2.60. The molecule has 5 nitrogen and oxygen atoms in total. The van der Waals surface area contributed by atoms with Gasteiger partial charge in [0.15, 0.2) is 0 Å². The van der Waals surface area contributed by atoms with E-state index in [-0.39, 0.29) is 44.6 Å². The molecule has 10 heteroatoms. The number of hydrogen-bond donors (Lipinski definition) is 1. The minimum absolute atomic E-state index is 0.00507. The number of carbonyl (C=O) groups excluding carboxylic acids is 3. The lowest BCUT2D eigenvalue weighted by molar-refractivity contribution is -0.137. The number of nitrogens with zero attached hydrogens (tertiary/aromatic N) is 1. The molecule has 0 aromatic heterocycles. The van der Waals surface area contributed by atoms with E-state index in [1.165, 1.54) is 30.3 Å². The Bertz CT molecular complexity index is 1140. The van der Waals surface area contributed by atoms with Crippen LogP contribution in [0.1, 0.15) is 22.3 Å². The zero-order valence-electron chi connectivity index (χ0n) is 16.9. The summed E-state index contributed by atoms with van der Waals surface area (Å²) in [5.41, 5.74) is -1.35. The number of halogens is 5. The summed E-state index contributed by atoms with van der Waals surface area (Å²) in [4.78, 5) is 40.9. The van der Waals surface area contributed by atoms with Gasteiger partial charge in [-0.15, -0.1) is 0 Å². The number of nitrogens with one attached hydrogen (secondary N) is 1. The molecule has 3 fully saturated rings. The Morgan fingerprint density at radius 1 is 0.909 bits per heavy atom. The number of benzene rings is 2. The summed E-state index contributed by atoms with van der Waals surface area (Å²) in [5.74, 6) is -2.49. The van der Waals surface area contributed by atoms with Gasteiger partial charge in [-0.2, -0.15) is 13.2 Å². The van der Waals surface area contributed by atoms with Crippen molar-refractivity contribution in [3.63, 3.8) is 0 Å². The molecule has 33 heavy (non-hydrogen) atoms. The van der Waals surface area contributed by atoms with E-state index in [9.17, 15) is 27.6 Å². The Kier molecular flexibility index (Phi) is 5.43. The number of rotatable bonds is 3. The van der Waals surface area contributed by atoms with Crippen LogP contribution in [0.25, 0.3) is 0 Å². The van der Waals surface area contributed by atoms with Crippen LogP contribution < -0.4 is 10.2 Å². The Hall–Kier alpha value is -2.20. The van der Waals surface area contributed by atoms with Gasteiger partial charge < -0.3 is 5.32 Å². The van der Waals surface area contributed by atoms with E-state index in [4.69, 9.17) is 0 Å². The van der Waals surface area contributed by atoms with E-state index in [2.05, 4.69) is 37.2 Å². The van der Waals surface area contributed by atoms with Gasteiger partial charge in [0, 0.05) is 9.65 Å². The second-order valence-corrected chi connectivity index (χ2v) is 10.6. The van der Waals surface area contributed by atoms with Gasteiger partial charge in [-0.05, 0) is 42.5 Å². The van der Waals surface area contributed by atoms with E-state index in [1.54, 1.807) is 6.07 Å². The van der Waals surface area contributed by atoms with Gasteiger partial charge in [0.25, 0.3) is 5.91 Å². The fraction of sp³-hybridized carbons (Fsp3) is 0.348. The molecule has 3 amide bonds. The Morgan fingerprint density at radius 2 is 1.45 bits per heavy atom. The molecule has 2 bridgehead atoms. The quantitative estimate of drug-likeness (QED) is 0.396.